The maximum absolute atomic E-state index is 4.44. The molecule has 0 heterocycles. The maximum atomic E-state index is 4.44. The van der Waals surface area contributed by atoms with Gasteiger partial charge in [0.1, 0.15) is 0 Å². The van der Waals surface area contributed by atoms with Crippen LogP contribution in [0.4, 0.5) is 5.69 Å². The summed E-state index contributed by atoms with van der Waals surface area (Å²) in [6.07, 6.45) is 1.86. The van der Waals surface area contributed by atoms with Crippen molar-refractivity contribution in [1.29, 1.82) is 0 Å². The number of aliphatic imine (C=N–C) groups is 1. The van der Waals surface area contributed by atoms with Crippen LogP contribution in [0, 0.1) is 6.92 Å². The van der Waals surface area contributed by atoms with Gasteiger partial charge in [0.2, 0.25) is 0 Å². The van der Waals surface area contributed by atoms with Crippen LogP contribution in [-0.4, -0.2) is 6.21 Å². The summed E-state index contributed by atoms with van der Waals surface area (Å²) in [5.74, 6) is 0. The van der Waals surface area contributed by atoms with Crippen LogP contribution in [0.1, 0.15) is 11.1 Å². The average molecular weight is 353 g/mol. The van der Waals surface area contributed by atoms with E-state index in [1.165, 1.54) is 5.56 Å². The zero-order valence-corrected chi connectivity index (χ0v) is 12.5. The van der Waals surface area contributed by atoms with Crippen molar-refractivity contribution in [1.82, 2.24) is 0 Å². The van der Waals surface area contributed by atoms with Crippen LogP contribution in [0.3, 0.4) is 0 Å². The maximum Gasteiger partial charge on any atom is 0.0641 e. The van der Waals surface area contributed by atoms with Crippen molar-refractivity contribution in [2.45, 2.75) is 6.92 Å². The van der Waals surface area contributed by atoms with Gasteiger partial charge in [-0.15, -0.1) is 0 Å². The molecule has 17 heavy (non-hydrogen) atoms. The highest BCUT2D eigenvalue weighted by molar-refractivity contribution is 9.10. The Morgan fingerprint density at radius 1 is 1.00 bits per heavy atom. The molecule has 0 atom stereocenters. The second-order valence-electron chi connectivity index (χ2n) is 3.74. The smallest absolute Gasteiger partial charge is 0.0641 e. The number of aryl methyl sites for hydroxylation is 1. The molecular formula is C14H11Br2N. The van der Waals surface area contributed by atoms with Crippen LogP contribution in [0.5, 0.6) is 0 Å². The van der Waals surface area contributed by atoms with Crippen LogP contribution in [-0.2, 0) is 0 Å². The molecule has 0 aliphatic heterocycles. The van der Waals surface area contributed by atoms with Gasteiger partial charge in [-0.2, -0.15) is 0 Å². The summed E-state index contributed by atoms with van der Waals surface area (Å²) < 4.78 is 2.16. The molecule has 0 saturated carbocycles. The van der Waals surface area contributed by atoms with E-state index in [0.717, 1.165) is 20.2 Å². The highest BCUT2D eigenvalue weighted by Gasteiger charge is 1.95. The Labute approximate surface area is 118 Å². The summed E-state index contributed by atoms with van der Waals surface area (Å²) in [6.45, 7) is 2.06. The van der Waals surface area contributed by atoms with Crippen molar-refractivity contribution >= 4 is 43.8 Å². The minimum Gasteiger partial charge on any atom is -0.256 e. The van der Waals surface area contributed by atoms with Crippen molar-refractivity contribution in [3.05, 3.63) is 62.5 Å². The molecule has 0 aromatic heterocycles. The van der Waals surface area contributed by atoms with Gasteiger partial charge in [-0.1, -0.05) is 50.1 Å². The molecule has 0 bridgehead atoms. The fourth-order valence-corrected chi connectivity index (χ4v) is 1.99. The zero-order chi connectivity index (χ0) is 12.3. The summed E-state index contributed by atoms with van der Waals surface area (Å²) in [7, 11) is 0. The lowest BCUT2D eigenvalue weighted by atomic mass is 10.2. The van der Waals surface area contributed by atoms with Crippen LogP contribution in [0.15, 0.2) is 56.4 Å². The van der Waals surface area contributed by atoms with Crippen molar-refractivity contribution in [3.8, 4) is 0 Å². The second kappa shape index (κ2) is 5.61. The number of nitrogens with zero attached hydrogens (tertiary/aromatic N) is 1. The summed E-state index contributed by atoms with van der Waals surface area (Å²) in [6, 6.07) is 14.1. The number of halogens is 2. The third-order valence-corrected chi connectivity index (χ3v) is 3.77. The fraction of sp³-hybridized carbons (Fsp3) is 0.0714. The van der Waals surface area contributed by atoms with Gasteiger partial charge in [0.05, 0.1) is 5.69 Å². The Kier molecular flexibility index (Phi) is 4.13. The topological polar surface area (TPSA) is 12.4 Å². The lowest BCUT2D eigenvalue weighted by Crippen LogP contribution is -1.80. The summed E-state index contributed by atoms with van der Waals surface area (Å²) in [5, 5.41) is 0. The minimum absolute atomic E-state index is 0.949. The predicted octanol–water partition coefficient (Wildman–Crippen LogP) is 5.27. The zero-order valence-electron chi connectivity index (χ0n) is 9.32. The highest BCUT2D eigenvalue weighted by atomic mass is 79.9. The van der Waals surface area contributed by atoms with Crippen LogP contribution in [0.25, 0.3) is 0 Å². The van der Waals surface area contributed by atoms with Crippen LogP contribution in [0.2, 0.25) is 0 Å². The van der Waals surface area contributed by atoms with Gasteiger partial charge in [0, 0.05) is 15.2 Å². The lowest BCUT2D eigenvalue weighted by molar-refractivity contribution is 1.40. The fourth-order valence-electron chi connectivity index (χ4n) is 1.36. The van der Waals surface area contributed by atoms with E-state index in [-0.39, 0.29) is 0 Å². The molecule has 86 valence electrons. The third kappa shape index (κ3) is 3.51. The van der Waals surface area contributed by atoms with Crippen molar-refractivity contribution in [2.24, 2.45) is 4.99 Å². The van der Waals surface area contributed by atoms with Gasteiger partial charge < -0.3 is 0 Å². The van der Waals surface area contributed by atoms with Gasteiger partial charge in [0.15, 0.2) is 0 Å². The van der Waals surface area contributed by atoms with Gasteiger partial charge in [-0.25, -0.2) is 0 Å². The molecule has 0 unspecified atom stereocenters. The molecular weight excluding hydrogens is 342 g/mol. The van der Waals surface area contributed by atoms with E-state index in [1.807, 2.05) is 42.6 Å². The Balaban J connectivity index is 2.20. The van der Waals surface area contributed by atoms with Crippen LogP contribution < -0.4 is 0 Å². The first-order chi connectivity index (χ1) is 8.15. The Bertz CT molecular complexity index is 545. The quantitative estimate of drug-likeness (QED) is 0.653. The number of benzene rings is 2. The summed E-state index contributed by atoms with van der Waals surface area (Å²) in [4.78, 5) is 4.44. The Hall–Kier alpha value is -0.930. The first-order valence-electron chi connectivity index (χ1n) is 5.21. The molecule has 0 spiro atoms. The number of hydrogen-bond donors (Lipinski definition) is 0. The van der Waals surface area contributed by atoms with Crippen LogP contribution >= 0.6 is 31.9 Å². The second-order valence-corrected chi connectivity index (χ2v) is 5.51. The number of rotatable bonds is 2. The first-order valence-corrected chi connectivity index (χ1v) is 6.79. The van der Waals surface area contributed by atoms with Crippen molar-refractivity contribution < 1.29 is 0 Å². The molecule has 2 aromatic rings. The minimum atomic E-state index is 0.949. The third-order valence-electron chi connectivity index (χ3n) is 2.39. The first kappa shape index (κ1) is 12.5. The largest absolute Gasteiger partial charge is 0.256 e. The van der Waals surface area contributed by atoms with E-state index < -0.39 is 0 Å². The SMILES string of the molecule is Cc1ccc(N=Cc2ccc(Br)cc2)cc1Br. The molecule has 3 heteroatoms. The van der Waals surface area contributed by atoms with E-state index in [9.17, 15) is 0 Å². The molecule has 0 aliphatic carbocycles. The van der Waals surface area contributed by atoms with E-state index in [2.05, 4.69) is 49.8 Å². The molecule has 0 N–H and O–H groups in total. The van der Waals surface area contributed by atoms with Gasteiger partial charge in [-0.3, -0.25) is 4.99 Å². The molecule has 2 aromatic carbocycles. The molecule has 1 nitrogen and oxygen atoms in total. The van der Waals surface area contributed by atoms with Gasteiger partial charge in [-0.05, 0) is 42.3 Å². The predicted molar refractivity (Wildman–Crippen MR) is 80.3 cm³/mol. The summed E-state index contributed by atoms with van der Waals surface area (Å²) in [5.41, 5.74) is 3.25. The van der Waals surface area contributed by atoms with Gasteiger partial charge >= 0.3 is 0 Å². The highest BCUT2D eigenvalue weighted by Crippen LogP contribution is 2.22. The van der Waals surface area contributed by atoms with Crippen molar-refractivity contribution in [2.75, 3.05) is 0 Å². The Morgan fingerprint density at radius 3 is 2.35 bits per heavy atom. The average Bonchev–Trinajstić information content (AvgIpc) is 2.33. The van der Waals surface area contributed by atoms with Gasteiger partial charge in [0.25, 0.3) is 0 Å². The summed E-state index contributed by atoms with van der Waals surface area (Å²) >= 11 is 6.91. The van der Waals surface area contributed by atoms with Crippen molar-refractivity contribution in [3.63, 3.8) is 0 Å². The lowest BCUT2D eigenvalue weighted by Gasteiger charge is -1.99. The Morgan fingerprint density at radius 2 is 1.71 bits per heavy atom. The molecule has 0 amide bonds. The molecule has 0 aliphatic rings. The van der Waals surface area contributed by atoms with E-state index in [4.69, 9.17) is 0 Å². The van der Waals surface area contributed by atoms with E-state index in [0.29, 0.717) is 0 Å². The molecule has 0 saturated heterocycles. The molecule has 0 fully saturated rings. The van der Waals surface area contributed by atoms with E-state index in [1.54, 1.807) is 0 Å². The number of hydrogen-bond acceptors (Lipinski definition) is 1. The molecule has 0 radical (unpaired) electrons. The monoisotopic (exact) mass is 351 g/mol. The molecule has 2 rings (SSSR count). The van der Waals surface area contributed by atoms with E-state index >= 15 is 0 Å². The standard InChI is InChI=1S/C14H11Br2N/c1-10-2-7-13(8-14(10)16)17-9-11-3-5-12(15)6-4-11/h2-9H,1H3. The normalized spacial score (nSPS) is 11.0.